The van der Waals surface area contributed by atoms with Crippen molar-refractivity contribution in [3.8, 4) is 0 Å². The van der Waals surface area contributed by atoms with Crippen LogP contribution in [0.1, 0.15) is 344 Å². The summed E-state index contributed by atoms with van der Waals surface area (Å²) >= 11 is 0. The third-order valence-electron chi connectivity index (χ3n) is 16.2. The number of esters is 4. The SMILES string of the molecule is CCCCCCCCCCCCCCC(=O)OC[C@H](COP(=O)(O)OC[C@H](O)COP(=O)(O)OC[C@@H](COC(=O)CCCCCCCCCCCC(C)C)OC(=O)CCCCCCCCCCCC(C)C)OC(=O)CCCCCCCCCCC(C)CC. The molecule has 0 aliphatic rings. The molecule has 0 aromatic heterocycles. The molecule has 0 saturated heterocycles. The fourth-order valence-electron chi connectivity index (χ4n) is 10.3. The van der Waals surface area contributed by atoms with Gasteiger partial charge < -0.3 is 33.8 Å². The van der Waals surface area contributed by atoms with E-state index in [1.165, 1.54) is 154 Å². The molecule has 522 valence electrons. The quantitative estimate of drug-likeness (QED) is 0.0222. The monoisotopic (exact) mass is 1300 g/mol. The molecule has 0 aliphatic carbocycles. The summed E-state index contributed by atoms with van der Waals surface area (Å²) in [6, 6.07) is 0. The lowest BCUT2D eigenvalue weighted by atomic mass is 9.99. The first kappa shape index (κ1) is 86.1. The number of unbranched alkanes of at least 4 members (excludes halogenated alkanes) is 34. The number of rotatable bonds is 67. The maximum absolute atomic E-state index is 13.0. The van der Waals surface area contributed by atoms with Crippen molar-refractivity contribution in [2.75, 3.05) is 39.6 Å². The topological polar surface area (TPSA) is 237 Å². The third kappa shape index (κ3) is 61.6. The Morgan fingerprint density at radius 1 is 0.330 bits per heavy atom. The Morgan fingerprint density at radius 3 is 0.864 bits per heavy atom. The molecule has 0 spiro atoms. The van der Waals surface area contributed by atoms with Crippen LogP contribution in [0, 0.1) is 17.8 Å². The van der Waals surface area contributed by atoms with E-state index in [9.17, 15) is 43.2 Å². The molecule has 0 rings (SSSR count). The number of hydrogen-bond acceptors (Lipinski definition) is 15. The second-order valence-corrected chi connectivity index (χ2v) is 29.0. The fraction of sp³-hybridized carbons (Fsp3) is 0.942. The summed E-state index contributed by atoms with van der Waals surface area (Å²) in [5.41, 5.74) is 0. The lowest BCUT2D eigenvalue weighted by Crippen LogP contribution is -2.30. The molecule has 0 amide bonds. The van der Waals surface area contributed by atoms with Crippen LogP contribution in [0.5, 0.6) is 0 Å². The van der Waals surface area contributed by atoms with Crippen LogP contribution < -0.4 is 0 Å². The summed E-state index contributed by atoms with van der Waals surface area (Å²) in [5.74, 6) is 0.121. The van der Waals surface area contributed by atoms with Crippen LogP contribution >= 0.6 is 15.6 Å². The van der Waals surface area contributed by atoms with Crippen LogP contribution in [0.15, 0.2) is 0 Å². The number of carbonyl (C=O) groups excluding carboxylic acids is 4. The normalized spacial score (nSPS) is 14.5. The molecule has 88 heavy (non-hydrogen) atoms. The molecule has 0 aliphatic heterocycles. The first-order valence-electron chi connectivity index (χ1n) is 35.9. The zero-order valence-electron chi connectivity index (χ0n) is 57.2. The minimum absolute atomic E-state index is 0.105. The van der Waals surface area contributed by atoms with Gasteiger partial charge in [0, 0.05) is 25.7 Å². The van der Waals surface area contributed by atoms with Crippen molar-refractivity contribution in [3.05, 3.63) is 0 Å². The van der Waals surface area contributed by atoms with Gasteiger partial charge in [0.2, 0.25) is 0 Å². The van der Waals surface area contributed by atoms with Crippen LogP contribution in [0.25, 0.3) is 0 Å². The molecule has 0 saturated carbocycles. The summed E-state index contributed by atoms with van der Waals surface area (Å²) < 4.78 is 68.3. The van der Waals surface area contributed by atoms with E-state index in [4.69, 9.17) is 37.0 Å². The van der Waals surface area contributed by atoms with Gasteiger partial charge in [0.1, 0.15) is 19.3 Å². The Morgan fingerprint density at radius 2 is 0.580 bits per heavy atom. The summed E-state index contributed by atoms with van der Waals surface area (Å²) in [6.07, 6.45) is 42.9. The van der Waals surface area contributed by atoms with E-state index in [1.807, 2.05) is 0 Å². The minimum atomic E-state index is -4.95. The van der Waals surface area contributed by atoms with Gasteiger partial charge in [0.15, 0.2) is 12.2 Å². The fourth-order valence-corrected chi connectivity index (χ4v) is 11.9. The summed E-state index contributed by atoms with van der Waals surface area (Å²) in [7, 11) is -9.90. The van der Waals surface area contributed by atoms with E-state index in [1.54, 1.807) is 0 Å². The second-order valence-electron chi connectivity index (χ2n) is 26.1. The van der Waals surface area contributed by atoms with E-state index in [0.29, 0.717) is 25.7 Å². The number of aliphatic hydroxyl groups is 1. The van der Waals surface area contributed by atoms with Gasteiger partial charge in [-0.3, -0.25) is 37.3 Å². The van der Waals surface area contributed by atoms with Crippen LogP contribution in [0.3, 0.4) is 0 Å². The predicted molar refractivity (Wildman–Crippen MR) is 354 cm³/mol. The van der Waals surface area contributed by atoms with Crippen LogP contribution in [-0.2, 0) is 65.4 Å². The van der Waals surface area contributed by atoms with Crippen LogP contribution in [-0.4, -0.2) is 96.7 Å². The van der Waals surface area contributed by atoms with Gasteiger partial charge in [-0.15, -0.1) is 0 Å². The zero-order chi connectivity index (χ0) is 65.2. The van der Waals surface area contributed by atoms with Gasteiger partial charge in [-0.1, -0.05) is 292 Å². The van der Waals surface area contributed by atoms with E-state index >= 15 is 0 Å². The molecule has 0 bridgehead atoms. The van der Waals surface area contributed by atoms with E-state index < -0.39 is 97.5 Å². The lowest BCUT2D eigenvalue weighted by Gasteiger charge is -2.21. The number of ether oxygens (including phenoxy) is 4. The molecule has 0 heterocycles. The van der Waals surface area contributed by atoms with Crippen LogP contribution in [0.4, 0.5) is 0 Å². The van der Waals surface area contributed by atoms with Gasteiger partial charge in [0.25, 0.3) is 0 Å². The number of hydrogen-bond donors (Lipinski definition) is 3. The Balaban J connectivity index is 5.27. The largest absolute Gasteiger partial charge is 0.472 e. The van der Waals surface area contributed by atoms with Crippen molar-refractivity contribution in [2.24, 2.45) is 17.8 Å². The highest BCUT2D eigenvalue weighted by molar-refractivity contribution is 7.47. The molecule has 3 N–H and O–H groups in total. The minimum Gasteiger partial charge on any atom is -0.462 e. The van der Waals surface area contributed by atoms with Gasteiger partial charge >= 0.3 is 39.5 Å². The molecule has 6 atom stereocenters. The average molecular weight is 1300 g/mol. The smallest absolute Gasteiger partial charge is 0.462 e. The Kier molecular flexibility index (Phi) is 58.7. The zero-order valence-corrected chi connectivity index (χ0v) is 59.0. The maximum atomic E-state index is 13.0. The highest BCUT2D eigenvalue weighted by atomic mass is 31.2. The van der Waals surface area contributed by atoms with E-state index in [-0.39, 0.29) is 25.7 Å². The first-order valence-corrected chi connectivity index (χ1v) is 38.9. The van der Waals surface area contributed by atoms with Crippen molar-refractivity contribution in [3.63, 3.8) is 0 Å². The molecule has 0 radical (unpaired) electrons. The van der Waals surface area contributed by atoms with Gasteiger partial charge in [-0.25, -0.2) is 9.13 Å². The second kappa shape index (κ2) is 60.0. The molecule has 17 nitrogen and oxygen atoms in total. The number of phosphoric ester groups is 2. The Labute approximate surface area is 537 Å². The van der Waals surface area contributed by atoms with Crippen molar-refractivity contribution in [1.82, 2.24) is 0 Å². The maximum Gasteiger partial charge on any atom is 0.472 e. The highest BCUT2D eigenvalue weighted by Gasteiger charge is 2.30. The van der Waals surface area contributed by atoms with Crippen molar-refractivity contribution in [1.29, 1.82) is 0 Å². The van der Waals surface area contributed by atoms with Crippen LogP contribution in [0.2, 0.25) is 0 Å². The van der Waals surface area contributed by atoms with Crippen molar-refractivity contribution >= 4 is 39.5 Å². The van der Waals surface area contributed by atoms with Gasteiger partial charge in [-0.2, -0.15) is 0 Å². The van der Waals surface area contributed by atoms with E-state index in [2.05, 4.69) is 48.5 Å². The van der Waals surface area contributed by atoms with Gasteiger partial charge in [-0.05, 0) is 43.4 Å². The molecule has 0 fully saturated rings. The van der Waals surface area contributed by atoms with Crippen molar-refractivity contribution < 1.29 is 80.2 Å². The third-order valence-corrected chi connectivity index (χ3v) is 18.1. The summed E-state index contributed by atoms with van der Waals surface area (Å²) in [5, 5.41) is 10.6. The van der Waals surface area contributed by atoms with Crippen molar-refractivity contribution in [2.45, 2.75) is 362 Å². The summed E-state index contributed by atoms with van der Waals surface area (Å²) in [4.78, 5) is 72.5. The standard InChI is InChI=1S/C69H134O17P2/c1-8-10-11-12-13-14-15-16-21-29-36-43-50-66(71)79-57-65(86-69(74)53-46-39-32-25-24-28-35-42-49-62(7)9-2)59-84-88(77,78)82-55-63(70)54-81-87(75,76)83-58-64(85-68(73)52-45-38-31-23-18-20-27-34-41-48-61(5)6)56-80-67(72)51-44-37-30-22-17-19-26-33-40-47-60(3)4/h60-65,70H,8-59H2,1-7H3,(H,75,76)(H,77,78)/t62?,63-,64-,65-/m1/s1. The molecule has 3 unspecified atom stereocenters. The predicted octanol–water partition coefficient (Wildman–Crippen LogP) is 19.5. The summed E-state index contributed by atoms with van der Waals surface area (Å²) in [6.45, 7) is 11.8. The highest BCUT2D eigenvalue weighted by Crippen LogP contribution is 2.45. The number of phosphoric acid groups is 2. The molecular formula is C69H134O17P2. The number of aliphatic hydroxyl groups excluding tert-OH is 1. The number of carbonyl (C=O) groups is 4. The Hall–Kier alpha value is -1.94. The van der Waals surface area contributed by atoms with E-state index in [0.717, 1.165) is 108 Å². The lowest BCUT2D eigenvalue weighted by molar-refractivity contribution is -0.161. The first-order chi connectivity index (χ1) is 42.3. The molecule has 0 aromatic carbocycles. The average Bonchev–Trinajstić information content (AvgIpc) is 3.55. The molecule has 0 aromatic rings. The van der Waals surface area contributed by atoms with Gasteiger partial charge in [0.05, 0.1) is 26.4 Å². The molecular weight excluding hydrogens is 1160 g/mol. The molecule has 19 heteroatoms. The Bertz CT molecular complexity index is 1730.